The Morgan fingerprint density at radius 3 is 3.10 bits per heavy atom. The molecule has 2 aliphatic heterocycles. The van der Waals surface area contributed by atoms with Crippen LogP contribution in [0, 0.1) is 5.92 Å². The summed E-state index contributed by atoms with van der Waals surface area (Å²) in [5.74, 6) is 1.56. The van der Waals surface area contributed by atoms with Gasteiger partial charge in [-0.3, -0.25) is 0 Å². The van der Waals surface area contributed by atoms with Gasteiger partial charge in [0.25, 0.3) is 0 Å². The maximum atomic E-state index is 10.3. The highest BCUT2D eigenvalue weighted by Crippen LogP contribution is 2.63. The number of likely N-dealkylation sites (N-methyl/N-ethyl adjacent to an activating group) is 1. The fourth-order valence-corrected chi connectivity index (χ4v) is 6.26. The summed E-state index contributed by atoms with van der Waals surface area (Å²) in [6.45, 7) is 1.10. The van der Waals surface area contributed by atoms with Crippen LogP contribution in [0.3, 0.4) is 0 Å². The predicted octanol–water partition coefficient (Wildman–Crippen LogP) is 2.60. The van der Waals surface area contributed by atoms with Gasteiger partial charge in [0.1, 0.15) is 6.10 Å². The molecule has 0 saturated carbocycles. The Balaban J connectivity index is 1.85. The van der Waals surface area contributed by atoms with Crippen LogP contribution in [0.25, 0.3) is 0 Å². The molecule has 4 heteroatoms. The maximum absolute atomic E-state index is 10.3. The number of phenolic OH excluding ortho intramolecular Hbond substituents is 1. The van der Waals surface area contributed by atoms with Crippen LogP contribution in [-0.2, 0) is 11.8 Å². The Bertz CT molecular complexity index is 673. The fourth-order valence-electron chi connectivity index (χ4n) is 5.26. The van der Waals surface area contributed by atoms with Gasteiger partial charge in [0.2, 0.25) is 0 Å². The van der Waals surface area contributed by atoms with E-state index in [-0.39, 0.29) is 11.5 Å². The van der Waals surface area contributed by atoms with Crippen molar-refractivity contribution in [3.8, 4) is 11.5 Å². The van der Waals surface area contributed by atoms with E-state index >= 15 is 0 Å². The normalized spacial score (nSPS) is 42.6. The summed E-state index contributed by atoms with van der Waals surface area (Å²) in [6.07, 6.45) is 6.68. The molecular weight excluding hydrogens is 330 g/mol. The van der Waals surface area contributed by atoms with Crippen molar-refractivity contribution in [3.63, 3.8) is 0 Å². The quantitative estimate of drug-likeness (QED) is 0.578. The minimum absolute atomic E-state index is 0.0434. The van der Waals surface area contributed by atoms with Gasteiger partial charge >= 0.3 is 0 Å². The number of nitrogens with zero attached hydrogens (tertiary/aromatic N) is 1. The first-order chi connectivity index (χ1) is 10.1. The molecule has 21 heavy (non-hydrogen) atoms. The Morgan fingerprint density at radius 1 is 1.38 bits per heavy atom. The molecule has 2 heterocycles. The number of likely N-dealkylation sites (tertiary alicyclic amines) is 1. The second kappa shape index (κ2) is 3.85. The zero-order valence-electron chi connectivity index (χ0n) is 11.9. The van der Waals surface area contributed by atoms with Gasteiger partial charge in [-0.1, -0.05) is 28.1 Å². The molecule has 1 fully saturated rings. The van der Waals surface area contributed by atoms with Crippen LogP contribution in [0.15, 0.2) is 24.3 Å². The van der Waals surface area contributed by atoms with E-state index < -0.39 is 0 Å². The van der Waals surface area contributed by atoms with Gasteiger partial charge in [-0.2, -0.15) is 0 Å². The molecule has 1 aromatic carbocycles. The average Bonchev–Trinajstić information content (AvgIpc) is 2.81. The lowest BCUT2D eigenvalue weighted by Gasteiger charge is -2.57. The van der Waals surface area contributed by atoms with E-state index in [1.807, 2.05) is 0 Å². The number of phenols is 1. The summed E-state index contributed by atoms with van der Waals surface area (Å²) in [4.78, 5) is 2.89. The zero-order chi connectivity index (χ0) is 14.4. The summed E-state index contributed by atoms with van der Waals surface area (Å²) in [5.41, 5.74) is 2.71. The molecule has 2 bridgehead atoms. The zero-order valence-corrected chi connectivity index (χ0v) is 13.5. The smallest absolute Gasteiger partial charge is 0.166 e. The topological polar surface area (TPSA) is 32.7 Å². The van der Waals surface area contributed by atoms with Gasteiger partial charge in [0, 0.05) is 27.8 Å². The lowest BCUT2D eigenvalue weighted by molar-refractivity contribution is -0.000237. The number of benzene rings is 1. The third-order valence-electron chi connectivity index (χ3n) is 6.14. The maximum Gasteiger partial charge on any atom is 0.166 e. The lowest BCUT2D eigenvalue weighted by atomic mass is 9.53. The average molecular weight is 348 g/mol. The molecular formula is C17H18BrNO2. The van der Waals surface area contributed by atoms with Gasteiger partial charge in [-0.15, -0.1) is 0 Å². The summed E-state index contributed by atoms with van der Waals surface area (Å²) in [6, 6.07) is 4.45. The summed E-state index contributed by atoms with van der Waals surface area (Å²) in [7, 11) is 2.24. The molecule has 1 aromatic rings. The Morgan fingerprint density at radius 2 is 2.24 bits per heavy atom. The van der Waals surface area contributed by atoms with E-state index in [0.29, 0.717) is 22.5 Å². The summed E-state index contributed by atoms with van der Waals surface area (Å²) < 4.78 is 6.22. The van der Waals surface area contributed by atoms with Gasteiger partial charge in [0.05, 0.1) is 0 Å². The lowest BCUT2D eigenvalue weighted by Crippen LogP contribution is -2.65. The van der Waals surface area contributed by atoms with E-state index in [9.17, 15) is 5.11 Å². The number of hydrogen-bond donors (Lipinski definition) is 1. The van der Waals surface area contributed by atoms with Gasteiger partial charge < -0.3 is 14.7 Å². The number of aromatic hydroxyl groups is 1. The van der Waals surface area contributed by atoms with Crippen molar-refractivity contribution in [3.05, 3.63) is 35.4 Å². The van der Waals surface area contributed by atoms with Gasteiger partial charge in [0.15, 0.2) is 11.5 Å². The van der Waals surface area contributed by atoms with E-state index in [0.717, 1.165) is 25.1 Å². The van der Waals surface area contributed by atoms with E-state index in [4.69, 9.17) is 4.74 Å². The first-order valence-electron chi connectivity index (χ1n) is 7.67. The SMILES string of the molecule is CN1CC[C@]23c4c5ccc(O)c4O[C@H]2C=C[C@H](Br)[C@H]3[C@H]1C5. The summed E-state index contributed by atoms with van der Waals surface area (Å²) >= 11 is 3.90. The minimum atomic E-state index is 0.0434. The van der Waals surface area contributed by atoms with Crippen molar-refractivity contribution >= 4 is 15.9 Å². The number of rotatable bonds is 0. The van der Waals surface area contributed by atoms with E-state index in [1.54, 1.807) is 6.07 Å². The molecule has 1 N–H and O–H groups in total. The number of allylic oxidation sites excluding steroid dienone is 1. The van der Waals surface area contributed by atoms with Crippen molar-refractivity contribution in [1.82, 2.24) is 4.90 Å². The van der Waals surface area contributed by atoms with Crippen LogP contribution in [0.1, 0.15) is 17.5 Å². The molecule has 3 nitrogen and oxygen atoms in total. The van der Waals surface area contributed by atoms with Crippen molar-refractivity contribution in [2.45, 2.75) is 35.2 Å². The first kappa shape index (κ1) is 12.5. The first-order valence-corrected chi connectivity index (χ1v) is 8.59. The van der Waals surface area contributed by atoms with Crippen LogP contribution in [0.2, 0.25) is 0 Å². The Hall–Kier alpha value is -1.00. The van der Waals surface area contributed by atoms with Crippen molar-refractivity contribution in [1.29, 1.82) is 0 Å². The standard InChI is InChI=1S/C17H18BrNO2/c1-19-7-6-17-13-5-3-10(18)15(17)11(19)8-9-2-4-12(20)16(21-13)14(9)17/h2-5,10-11,13,15,20H,6-8H2,1H3/t10-,11+,13-,15-,17+/m0/s1. The highest BCUT2D eigenvalue weighted by molar-refractivity contribution is 9.09. The molecule has 5 rings (SSSR count). The predicted molar refractivity (Wildman–Crippen MR) is 84.3 cm³/mol. The van der Waals surface area contributed by atoms with Crippen molar-refractivity contribution in [2.75, 3.05) is 13.6 Å². The number of ether oxygens (including phenoxy) is 1. The molecule has 0 radical (unpaired) electrons. The number of alkyl halides is 1. The van der Waals surface area contributed by atoms with Crippen LogP contribution < -0.4 is 4.74 Å². The fraction of sp³-hybridized carbons (Fsp3) is 0.529. The van der Waals surface area contributed by atoms with Gasteiger partial charge in [-0.05, 0) is 44.1 Å². The second-order valence-electron chi connectivity index (χ2n) is 6.88. The van der Waals surface area contributed by atoms with Gasteiger partial charge in [-0.25, -0.2) is 0 Å². The van der Waals surface area contributed by atoms with Crippen LogP contribution >= 0.6 is 15.9 Å². The van der Waals surface area contributed by atoms with Crippen molar-refractivity contribution < 1.29 is 9.84 Å². The Kier molecular flexibility index (Phi) is 2.30. The third kappa shape index (κ3) is 1.30. The second-order valence-corrected chi connectivity index (χ2v) is 7.94. The summed E-state index contributed by atoms with van der Waals surface area (Å²) in [5, 5.41) is 10.3. The number of halogens is 1. The largest absolute Gasteiger partial charge is 0.504 e. The van der Waals surface area contributed by atoms with Crippen molar-refractivity contribution in [2.24, 2.45) is 5.92 Å². The molecule has 4 aliphatic rings. The number of hydrogen-bond acceptors (Lipinski definition) is 3. The molecule has 0 amide bonds. The highest BCUT2D eigenvalue weighted by atomic mass is 79.9. The highest BCUT2D eigenvalue weighted by Gasteiger charge is 2.64. The van der Waals surface area contributed by atoms with Crippen LogP contribution in [-0.4, -0.2) is 40.6 Å². The monoisotopic (exact) mass is 347 g/mol. The third-order valence-corrected chi connectivity index (χ3v) is 7.01. The molecule has 0 unspecified atom stereocenters. The molecule has 110 valence electrons. The molecule has 0 aromatic heterocycles. The molecule has 5 atom stereocenters. The van der Waals surface area contributed by atoms with Crippen LogP contribution in [0.4, 0.5) is 0 Å². The van der Waals surface area contributed by atoms with E-state index in [2.05, 4.69) is 46.1 Å². The minimum Gasteiger partial charge on any atom is -0.504 e. The Labute approximate surface area is 132 Å². The molecule has 2 aliphatic carbocycles. The van der Waals surface area contributed by atoms with Crippen LogP contribution in [0.5, 0.6) is 11.5 Å². The van der Waals surface area contributed by atoms with E-state index in [1.165, 1.54) is 11.1 Å². The molecule has 1 spiro atoms. The number of piperidine rings is 1. The molecule has 1 saturated heterocycles.